The lowest BCUT2D eigenvalue weighted by atomic mass is 9.81. The van der Waals surface area contributed by atoms with Gasteiger partial charge in [-0.05, 0) is 112 Å². The fraction of sp³-hybridized carbons (Fsp3) is 0.439. The molecule has 1 heterocycles. The van der Waals surface area contributed by atoms with E-state index < -0.39 is 12.2 Å². The SMILES string of the molecule is NC1CCC(OC(=O)Nc2cc(CCCNC(=O)C3CCC(CNC[C@@H](O)c4ccc(O)c5[nH]c(=O)ccc45)CC3)ccc2-c2ccccc2)CC1. The predicted molar refractivity (Wildman–Crippen MR) is 203 cm³/mol. The number of aryl methyl sites for hydroxylation is 1. The summed E-state index contributed by atoms with van der Waals surface area (Å²) in [5.41, 5.74) is 10.4. The Bertz CT molecular complexity index is 1870. The zero-order chi connectivity index (χ0) is 36.5. The fourth-order valence-electron chi connectivity index (χ4n) is 7.58. The largest absolute Gasteiger partial charge is 0.506 e. The molecule has 0 unspecified atom stereocenters. The number of phenolic OH excluding ortho intramolecular Hbond substituents is 1. The van der Waals surface area contributed by atoms with Crippen molar-refractivity contribution in [2.75, 3.05) is 25.0 Å². The number of fused-ring (bicyclic) bond motifs is 1. The molecule has 0 spiro atoms. The number of hydrogen-bond acceptors (Lipinski definition) is 8. The van der Waals surface area contributed by atoms with Crippen molar-refractivity contribution < 1.29 is 24.5 Å². The summed E-state index contributed by atoms with van der Waals surface area (Å²) in [7, 11) is 0. The minimum atomic E-state index is -0.802. The second-order valence-corrected chi connectivity index (χ2v) is 14.4. The molecule has 4 aromatic rings. The van der Waals surface area contributed by atoms with E-state index in [1.54, 1.807) is 12.1 Å². The maximum atomic E-state index is 13.0. The van der Waals surface area contributed by atoms with E-state index in [-0.39, 0.29) is 35.3 Å². The van der Waals surface area contributed by atoms with Crippen LogP contribution in [-0.2, 0) is 16.0 Å². The Labute approximate surface area is 304 Å². The number of ether oxygens (including phenoxy) is 1. The van der Waals surface area contributed by atoms with E-state index in [9.17, 15) is 24.6 Å². The number of aromatic nitrogens is 1. The molecule has 0 radical (unpaired) electrons. The molecule has 2 saturated carbocycles. The molecule has 2 fully saturated rings. The molecule has 2 aliphatic carbocycles. The Balaban J connectivity index is 0.926. The molecular weight excluding hydrogens is 658 g/mol. The highest BCUT2D eigenvalue weighted by Crippen LogP contribution is 2.32. The lowest BCUT2D eigenvalue weighted by molar-refractivity contribution is -0.126. The van der Waals surface area contributed by atoms with Crippen LogP contribution in [0.15, 0.2) is 77.6 Å². The van der Waals surface area contributed by atoms with Gasteiger partial charge in [-0.2, -0.15) is 0 Å². The van der Waals surface area contributed by atoms with Gasteiger partial charge in [0.15, 0.2) is 0 Å². The maximum Gasteiger partial charge on any atom is 0.411 e. The second-order valence-electron chi connectivity index (χ2n) is 14.4. The van der Waals surface area contributed by atoms with Crippen LogP contribution in [-0.4, -0.2) is 59.0 Å². The van der Waals surface area contributed by atoms with Crippen LogP contribution < -0.4 is 27.2 Å². The van der Waals surface area contributed by atoms with E-state index in [1.807, 2.05) is 42.5 Å². The van der Waals surface area contributed by atoms with E-state index in [0.29, 0.717) is 41.2 Å². The third-order valence-electron chi connectivity index (χ3n) is 10.6. The minimum absolute atomic E-state index is 0.000713. The highest BCUT2D eigenvalue weighted by Gasteiger charge is 2.26. The molecule has 11 nitrogen and oxygen atoms in total. The van der Waals surface area contributed by atoms with Crippen LogP contribution in [0.2, 0.25) is 0 Å². The number of aromatic amines is 1. The van der Waals surface area contributed by atoms with E-state index in [2.05, 4.69) is 27.0 Å². The molecule has 6 rings (SSSR count). The zero-order valence-electron chi connectivity index (χ0n) is 29.6. The molecule has 2 aliphatic rings. The van der Waals surface area contributed by atoms with Crippen molar-refractivity contribution in [3.05, 3.63) is 94.3 Å². The van der Waals surface area contributed by atoms with Gasteiger partial charge >= 0.3 is 6.09 Å². The van der Waals surface area contributed by atoms with Crippen LogP contribution in [0.25, 0.3) is 22.0 Å². The summed E-state index contributed by atoms with van der Waals surface area (Å²) in [5.74, 6) is 0.491. The van der Waals surface area contributed by atoms with Crippen molar-refractivity contribution in [2.45, 2.75) is 82.5 Å². The Hall–Kier alpha value is -4.71. The number of phenols is 1. The first-order chi connectivity index (χ1) is 25.2. The van der Waals surface area contributed by atoms with Crippen LogP contribution in [0, 0.1) is 11.8 Å². The van der Waals surface area contributed by atoms with Gasteiger partial charge in [0, 0.05) is 42.1 Å². The minimum Gasteiger partial charge on any atom is -0.506 e. The molecule has 0 saturated heterocycles. The first-order valence-electron chi connectivity index (χ1n) is 18.7. The standard InChI is InChI=1S/C41H51N5O6/c42-30-13-15-31(16-14-30)52-41(51)45-35-23-26(10-17-32(35)28-6-2-1-3-7-28)5-4-22-44-40(50)29-11-8-27(9-12-29)24-43-25-37(48)33-18-20-36(47)39-34(33)19-21-38(49)46-39/h1-3,6-7,10,17-21,23,27,29-31,37,43,47-48H,4-5,8-9,11-16,22,24-25,42H2,(H,44,50)(H,45,51)(H,46,49)/t27?,29?,30?,31?,37-/m1/s1. The number of H-pyrrole nitrogens is 1. The first kappa shape index (κ1) is 37.1. The topological polar surface area (TPSA) is 179 Å². The average molecular weight is 710 g/mol. The quantitative estimate of drug-likeness (QED) is 0.0839. The molecule has 11 heteroatoms. The summed E-state index contributed by atoms with van der Waals surface area (Å²) in [5, 5.41) is 31.1. The van der Waals surface area contributed by atoms with E-state index in [1.165, 1.54) is 12.1 Å². The third-order valence-corrected chi connectivity index (χ3v) is 10.6. The van der Waals surface area contributed by atoms with Crippen molar-refractivity contribution in [1.82, 2.24) is 15.6 Å². The predicted octanol–water partition coefficient (Wildman–Crippen LogP) is 5.90. The number of nitrogens with one attached hydrogen (secondary N) is 4. The average Bonchev–Trinajstić information content (AvgIpc) is 3.15. The molecular formula is C41H51N5O6. The second kappa shape index (κ2) is 17.7. The fourth-order valence-corrected chi connectivity index (χ4v) is 7.58. The number of aliphatic hydroxyl groups is 1. The molecule has 2 amide bonds. The molecule has 8 N–H and O–H groups in total. The van der Waals surface area contributed by atoms with Crippen LogP contribution in [0.1, 0.15) is 75.0 Å². The lowest BCUT2D eigenvalue weighted by Crippen LogP contribution is -2.36. The van der Waals surface area contributed by atoms with Crippen LogP contribution >= 0.6 is 0 Å². The van der Waals surface area contributed by atoms with Gasteiger partial charge in [0.2, 0.25) is 11.5 Å². The summed E-state index contributed by atoms with van der Waals surface area (Å²) in [4.78, 5) is 40.3. The van der Waals surface area contributed by atoms with Gasteiger partial charge in [-0.25, -0.2) is 4.79 Å². The van der Waals surface area contributed by atoms with Gasteiger partial charge in [-0.1, -0.05) is 48.5 Å². The highest BCUT2D eigenvalue weighted by atomic mass is 16.6. The monoisotopic (exact) mass is 709 g/mol. The molecule has 3 aromatic carbocycles. The third kappa shape index (κ3) is 9.78. The zero-order valence-corrected chi connectivity index (χ0v) is 29.6. The number of pyridine rings is 1. The molecule has 1 atom stereocenters. The van der Waals surface area contributed by atoms with Crippen LogP contribution in [0.3, 0.4) is 0 Å². The van der Waals surface area contributed by atoms with Gasteiger partial charge in [0.25, 0.3) is 0 Å². The molecule has 0 bridgehead atoms. The number of rotatable bonds is 13. The lowest BCUT2D eigenvalue weighted by Gasteiger charge is -2.28. The number of nitrogens with two attached hydrogens (primary N) is 1. The molecule has 276 valence electrons. The van der Waals surface area contributed by atoms with Gasteiger partial charge in [0.1, 0.15) is 11.9 Å². The van der Waals surface area contributed by atoms with Crippen molar-refractivity contribution in [3.8, 4) is 16.9 Å². The maximum absolute atomic E-state index is 13.0. The Morgan fingerprint density at radius 3 is 2.46 bits per heavy atom. The Kier molecular flexibility index (Phi) is 12.6. The van der Waals surface area contributed by atoms with E-state index in [4.69, 9.17) is 10.5 Å². The van der Waals surface area contributed by atoms with Crippen molar-refractivity contribution in [1.29, 1.82) is 0 Å². The number of aromatic hydroxyl groups is 1. The van der Waals surface area contributed by atoms with E-state index >= 15 is 0 Å². The van der Waals surface area contributed by atoms with Gasteiger partial charge in [-0.15, -0.1) is 0 Å². The Morgan fingerprint density at radius 1 is 0.923 bits per heavy atom. The normalized spacial score (nSPS) is 21.0. The summed E-state index contributed by atoms with van der Waals surface area (Å²) >= 11 is 0. The van der Waals surface area contributed by atoms with E-state index in [0.717, 1.165) is 87.4 Å². The number of benzene rings is 3. The number of anilines is 1. The first-order valence-corrected chi connectivity index (χ1v) is 18.7. The number of amides is 2. The summed E-state index contributed by atoms with van der Waals surface area (Å²) < 4.78 is 5.75. The van der Waals surface area contributed by atoms with Crippen molar-refractivity contribution in [2.24, 2.45) is 17.6 Å². The molecule has 52 heavy (non-hydrogen) atoms. The number of carbonyl (C=O) groups excluding carboxylic acids is 2. The molecule has 0 aliphatic heterocycles. The van der Waals surface area contributed by atoms with Crippen LogP contribution in [0.5, 0.6) is 5.75 Å². The van der Waals surface area contributed by atoms with Crippen molar-refractivity contribution >= 4 is 28.6 Å². The number of carbonyl (C=O) groups is 2. The molecule has 1 aromatic heterocycles. The van der Waals surface area contributed by atoms with Crippen molar-refractivity contribution in [3.63, 3.8) is 0 Å². The number of aliphatic hydroxyl groups excluding tert-OH is 1. The summed E-state index contributed by atoms with van der Waals surface area (Å²) in [6, 6.07) is 22.4. The number of hydrogen-bond donors (Lipinski definition) is 7. The summed E-state index contributed by atoms with van der Waals surface area (Å²) in [6.07, 6.45) is 6.96. The van der Waals surface area contributed by atoms with Crippen LogP contribution in [0.4, 0.5) is 10.5 Å². The van der Waals surface area contributed by atoms with Gasteiger partial charge < -0.3 is 36.3 Å². The van der Waals surface area contributed by atoms with Gasteiger partial charge in [-0.3, -0.25) is 14.9 Å². The highest BCUT2D eigenvalue weighted by molar-refractivity contribution is 5.92. The Morgan fingerprint density at radius 2 is 1.69 bits per heavy atom. The summed E-state index contributed by atoms with van der Waals surface area (Å²) in [6.45, 7) is 1.66. The van der Waals surface area contributed by atoms with Gasteiger partial charge in [0.05, 0.1) is 17.3 Å². The smallest absolute Gasteiger partial charge is 0.411 e.